The topological polar surface area (TPSA) is 167 Å². The number of non-ortho nitro benzene ring substituents is 1. The van der Waals surface area contributed by atoms with Crippen LogP contribution in [-0.4, -0.2) is 33.4 Å². The van der Waals surface area contributed by atoms with E-state index in [1.165, 1.54) is 24.3 Å². The predicted molar refractivity (Wildman–Crippen MR) is 70.2 cm³/mol. The molecule has 0 heterocycles. The van der Waals surface area contributed by atoms with Crippen molar-refractivity contribution in [3.63, 3.8) is 0 Å². The van der Waals surface area contributed by atoms with Gasteiger partial charge in [-0.25, -0.2) is 0 Å². The molecule has 1 aromatic carbocycles. The van der Waals surface area contributed by atoms with E-state index in [1.54, 1.807) is 0 Å². The molecule has 9 nitrogen and oxygen atoms in total. The van der Waals surface area contributed by atoms with Crippen LogP contribution in [-0.2, 0) is 9.59 Å². The Balaban J connectivity index is 0.00000361. The number of aliphatic carboxylic acids is 1. The lowest BCUT2D eigenvalue weighted by Gasteiger charge is -2.07. The number of carbonyl (C=O) groups is 2. The van der Waals surface area contributed by atoms with Crippen molar-refractivity contribution in [2.24, 2.45) is 5.73 Å². The molecule has 0 unspecified atom stereocenters. The molecule has 0 aliphatic rings. The number of anilines is 1. The van der Waals surface area contributed by atoms with E-state index in [9.17, 15) is 19.7 Å². The lowest BCUT2D eigenvalue weighted by Crippen LogP contribution is -2.31. The van der Waals surface area contributed by atoms with Crippen LogP contribution in [0.4, 0.5) is 11.4 Å². The van der Waals surface area contributed by atoms with Crippen LogP contribution in [0.25, 0.3) is 0 Å². The number of nitrogens with two attached hydrogens (primary N) is 1. The molecule has 9 heteroatoms. The summed E-state index contributed by atoms with van der Waals surface area (Å²) in [5, 5.41) is 21.5. The summed E-state index contributed by atoms with van der Waals surface area (Å²) in [5.41, 5.74) is 5.58. The van der Waals surface area contributed by atoms with Crippen LogP contribution in [0.2, 0.25) is 0 Å². The molecule has 0 aliphatic heterocycles. The number of carboxylic acid groups (broad SMARTS) is 1. The van der Waals surface area contributed by atoms with Gasteiger partial charge in [-0.2, -0.15) is 0 Å². The van der Waals surface area contributed by atoms with E-state index >= 15 is 0 Å². The largest absolute Gasteiger partial charge is 0.480 e. The molecule has 0 bridgehead atoms. The molecule has 1 aromatic rings. The Labute approximate surface area is 113 Å². The van der Waals surface area contributed by atoms with Crippen molar-refractivity contribution in [2.75, 3.05) is 5.32 Å². The van der Waals surface area contributed by atoms with Gasteiger partial charge in [-0.15, -0.1) is 0 Å². The maximum absolute atomic E-state index is 11.5. The van der Waals surface area contributed by atoms with Crippen molar-refractivity contribution >= 4 is 23.3 Å². The second kappa shape index (κ2) is 7.81. The summed E-state index contributed by atoms with van der Waals surface area (Å²) in [6.07, 6.45) is -0.0153. The first-order chi connectivity index (χ1) is 8.90. The molecule has 1 atom stereocenters. The van der Waals surface area contributed by atoms with E-state index < -0.39 is 22.8 Å². The third kappa shape index (κ3) is 5.42. The monoisotopic (exact) mass is 285 g/mol. The van der Waals surface area contributed by atoms with Gasteiger partial charge < -0.3 is 21.6 Å². The Bertz CT molecular complexity index is 487. The van der Waals surface area contributed by atoms with Gasteiger partial charge in [-0.3, -0.25) is 19.7 Å². The molecule has 110 valence electrons. The van der Waals surface area contributed by atoms with Crippen LogP contribution < -0.4 is 11.1 Å². The van der Waals surface area contributed by atoms with Crippen LogP contribution in [0.5, 0.6) is 0 Å². The number of nitrogens with zero attached hydrogens (tertiary/aromatic N) is 1. The van der Waals surface area contributed by atoms with Gasteiger partial charge in [0.05, 0.1) is 4.92 Å². The second-order valence-corrected chi connectivity index (χ2v) is 3.84. The van der Waals surface area contributed by atoms with E-state index in [-0.39, 0.29) is 24.0 Å². The minimum Gasteiger partial charge on any atom is -0.480 e. The molecular weight excluding hydrogens is 270 g/mol. The highest BCUT2D eigenvalue weighted by Gasteiger charge is 2.13. The Morgan fingerprint density at radius 1 is 1.35 bits per heavy atom. The average molecular weight is 285 g/mol. The summed E-state index contributed by atoms with van der Waals surface area (Å²) in [7, 11) is 0. The van der Waals surface area contributed by atoms with Crippen molar-refractivity contribution in [1.29, 1.82) is 0 Å². The van der Waals surface area contributed by atoms with Gasteiger partial charge in [0.15, 0.2) is 0 Å². The van der Waals surface area contributed by atoms with E-state index in [0.29, 0.717) is 5.69 Å². The second-order valence-electron chi connectivity index (χ2n) is 3.84. The van der Waals surface area contributed by atoms with Gasteiger partial charge in [0.1, 0.15) is 6.04 Å². The van der Waals surface area contributed by atoms with Crippen molar-refractivity contribution in [2.45, 2.75) is 18.9 Å². The van der Waals surface area contributed by atoms with Crippen LogP contribution >= 0.6 is 0 Å². The highest BCUT2D eigenvalue weighted by atomic mass is 16.6. The molecule has 0 saturated heterocycles. The summed E-state index contributed by atoms with van der Waals surface area (Å²) in [4.78, 5) is 31.8. The fourth-order valence-electron chi connectivity index (χ4n) is 1.30. The zero-order chi connectivity index (χ0) is 14.4. The number of nitrogens with one attached hydrogen (secondary N) is 1. The van der Waals surface area contributed by atoms with Crippen LogP contribution in [0, 0.1) is 10.1 Å². The Morgan fingerprint density at radius 3 is 2.35 bits per heavy atom. The van der Waals surface area contributed by atoms with Gasteiger partial charge in [-0.05, 0) is 18.6 Å². The lowest BCUT2D eigenvalue weighted by molar-refractivity contribution is -0.384. The molecule has 1 rings (SSSR count). The number of benzene rings is 1. The maximum Gasteiger partial charge on any atom is 0.320 e. The van der Waals surface area contributed by atoms with Gasteiger partial charge in [0, 0.05) is 24.2 Å². The molecule has 0 saturated carbocycles. The number of nitro benzene ring substituents is 1. The zero-order valence-corrected chi connectivity index (χ0v) is 10.4. The summed E-state index contributed by atoms with van der Waals surface area (Å²) in [6.45, 7) is 0. The third-order valence-corrected chi connectivity index (χ3v) is 2.36. The molecule has 0 spiro atoms. The minimum absolute atomic E-state index is 0. The molecule has 1 amide bonds. The molecule has 0 aliphatic carbocycles. The molecule has 0 aromatic heterocycles. The van der Waals surface area contributed by atoms with E-state index in [2.05, 4.69) is 5.32 Å². The van der Waals surface area contributed by atoms with Crippen molar-refractivity contribution in [3.8, 4) is 0 Å². The molecule has 0 fully saturated rings. The fraction of sp³-hybridized carbons (Fsp3) is 0.273. The molecular formula is C11H15N3O6. The van der Waals surface area contributed by atoms with E-state index in [1.807, 2.05) is 0 Å². The molecule has 0 radical (unpaired) electrons. The standard InChI is InChI=1S/C11H13N3O5.H2O/c12-9(11(16)17)5-6-10(15)13-7-1-3-8(4-2-7)14(18)19;/h1-4,9H,5-6,12H2,(H,13,15)(H,16,17);1H2/t9-;/m1./s1. The van der Waals surface area contributed by atoms with Crippen molar-refractivity contribution < 1.29 is 25.1 Å². The molecule has 20 heavy (non-hydrogen) atoms. The third-order valence-electron chi connectivity index (χ3n) is 2.36. The van der Waals surface area contributed by atoms with Gasteiger partial charge in [0.25, 0.3) is 5.69 Å². The van der Waals surface area contributed by atoms with Crippen LogP contribution in [0.15, 0.2) is 24.3 Å². The summed E-state index contributed by atoms with van der Waals surface area (Å²) >= 11 is 0. The number of hydrogen-bond donors (Lipinski definition) is 3. The van der Waals surface area contributed by atoms with Gasteiger partial charge in [0.2, 0.25) is 5.91 Å². The first-order valence-corrected chi connectivity index (χ1v) is 5.43. The van der Waals surface area contributed by atoms with Crippen LogP contribution in [0.3, 0.4) is 0 Å². The number of rotatable bonds is 6. The normalized spacial score (nSPS) is 11.1. The number of carboxylic acids is 1. The number of hydrogen-bond acceptors (Lipinski definition) is 5. The number of carbonyl (C=O) groups excluding carboxylic acids is 1. The Hall–Kier alpha value is -2.52. The summed E-state index contributed by atoms with van der Waals surface area (Å²) in [5.74, 6) is -1.56. The smallest absolute Gasteiger partial charge is 0.320 e. The van der Waals surface area contributed by atoms with Gasteiger partial charge in [-0.1, -0.05) is 0 Å². The number of nitro groups is 1. The van der Waals surface area contributed by atoms with Crippen molar-refractivity contribution in [3.05, 3.63) is 34.4 Å². The number of amides is 1. The highest BCUT2D eigenvalue weighted by molar-refractivity contribution is 5.91. The SMILES string of the molecule is N[C@H](CCC(=O)Nc1ccc([N+](=O)[O-])cc1)C(=O)O.O. The van der Waals surface area contributed by atoms with Crippen molar-refractivity contribution in [1.82, 2.24) is 0 Å². The van der Waals surface area contributed by atoms with E-state index in [4.69, 9.17) is 10.8 Å². The first kappa shape index (κ1) is 17.5. The zero-order valence-electron chi connectivity index (χ0n) is 10.4. The van der Waals surface area contributed by atoms with E-state index in [0.717, 1.165) is 0 Å². The quantitative estimate of drug-likeness (QED) is 0.487. The first-order valence-electron chi connectivity index (χ1n) is 5.43. The predicted octanol–water partition coefficient (Wildman–Crippen LogP) is -0.0993. The van der Waals surface area contributed by atoms with Gasteiger partial charge >= 0.3 is 5.97 Å². The Kier molecular flexibility index (Phi) is 6.83. The fourth-order valence-corrected chi connectivity index (χ4v) is 1.30. The molecule has 6 N–H and O–H groups in total. The average Bonchev–Trinajstić information content (AvgIpc) is 2.36. The maximum atomic E-state index is 11.5. The minimum atomic E-state index is -1.16. The lowest BCUT2D eigenvalue weighted by atomic mass is 10.1. The highest BCUT2D eigenvalue weighted by Crippen LogP contribution is 2.15. The van der Waals surface area contributed by atoms with Crippen LogP contribution in [0.1, 0.15) is 12.8 Å². The summed E-state index contributed by atoms with van der Waals surface area (Å²) < 4.78 is 0. The Morgan fingerprint density at radius 2 is 1.90 bits per heavy atom. The summed E-state index contributed by atoms with van der Waals surface area (Å²) in [6, 6.07) is 4.24.